The highest BCUT2D eigenvalue weighted by molar-refractivity contribution is 5.75. The standard InChI is InChI=1S/C20H32N6O3/c1-2-26-18(11-12-22-26)21-14-17-23-20(29-25-17)16(13-19(27)24-28)10-6-9-15-7-4-3-5-8-15/h11-12,15-16,21,28H,2-10,13-14H2,1H3,(H,24,27)/t16-/m1/s1. The minimum atomic E-state index is -0.433. The van der Waals surface area contributed by atoms with Crippen LogP contribution in [0.1, 0.15) is 82.3 Å². The summed E-state index contributed by atoms with van der Waals surface area (Å²) in [5.74, 6) is 2.05. The van der Waals surface area contributed by atoms with E-state index in [1.807, 2.05) is 17.7 Å². The summed E-state index contributed by atoms with van der Waals surface area (Å²) in [7, 11) is 0. The van der Waals surface area contributed by atoms with Gasteiger partial charge in [0.1, 0.15) is 5.82 Å². The lowest BCUT2D eigenvalue weighted by atomic mass is 9.84. The number of nitrogens with one attached hydrogen (secondary N) is 2. The molecule has 0 bridgehead atoms. The molecule has 160 valence electrons. The van der Waals surface area contributed by atoms with Gasteiger partial charge >= 0.3 is 0 Å². The topological polar surface area (TPSA) is 118 Å². The first-order valence-corrected chi connectivity index (χ1v) is 10.7. The van der Waals surface area contributed by atoms with Crippen LogP contribution < -0.4 is 10.8 Å². The molecule has 0 radical (unpaired) electrons. The summed E-state index contributed by atoms with van der Waals surface area (Å²) >= 11 is 0. The molecule has 2 aromatic rings. The molecule has 2 heterocycles. The van der Waals surface area contributed by atoms with Gasteiger partial charge in [-0.3, -0.25) is 14.7 Å². The van der Waals surface area contributed by atoms with Gasteiger partial charge < -0.3 is 9.84 Å². The Labute approximate surface area is 171 Å². The van der Waals surface area contributed by atoms with Gasteiger partial charge in [-0.15, -0.1) is 0 Å². The number of carbonyl (C=O) groups excluding carboxylic acids is 1. The molecule has 1 amide bonds. The van der Waals surface area contributed by atoms with Crippen LogP contribution in [0.5, 0.6) is 0 Å². The maximum Gasteiger partial charge on any atom is 0.244 e. The molecule has 1 aliphatic carbocycles. The first-order chi connectivity index (χ1) is 14.2. The van der Waals surface area contributed by atoms with Gasteiger partial charge in [0.15, 0.2) is 5.82 Å². The number of hydrogen-bond acceptors (Lipinski definition) is 7. The second-order valence-corrected chi connectivity index (χ2v) is 7.81. The summed E-state index contributed by atoms with van der Waals surface area (Å²) in [5.41, 5.74) is 1.72. The van der Waals surface area contributed by atoms with Crippen LogP contribution in [-0.2, 0) is 17.9 Å². The summed E-state index contributed by atoms with van der Waals surface area (Å²) in [6.45, 7) is 3.21. The molecule has 9 nitrogen and oxygen atoms in total. The van der Waals surface area contributed by atoms with Gasteiger partial charge in [0, 0.05) is 24.9 Å². The third-order valence-corrected chi connectivity index (χ3v) is 5.72. The van der Waals surface area contributed by atoms with E-state index in [4.69, 9.17) is 9.73 Å². The molecule has 1 fully saturated rings. The zero-order valence-electron chi connectivity index (χ0n) is 17.1. The lowest BCUT2D eigenvalue weighted by Gasteiger charge is -2.22. The monoisotopic (exact) mass is 404 g/mol. The number of aryl methyl sites for hydroxylation is 1. The van der Waals surface area contributed by atoms with Gasteiger partial charge in [-0.1, -0.05) is 50.1 Å². The number of aromatic nitrogens is 4. The fourth-order valence-corrected chi connectivity index (χ4v) is 4.12. The summed E-state index contributed by atoms with van der Waals surface area (Å²) in [6, 6.07) is 1.89. The van der Waals surface area contributed by atoms with Gasteiger partial charge in [0.05, 0.1) is 12.7 Å². The number of anilines is 1. The molecule has 0 unspecified atom stereocenters. The zero-order chi connectivity index (χ0) is 20.5. The molecule has 0 spiro atoms. The smallest absolute Gasteiger partial charge is 0.244 e. The Hall–Kier alpha value is -2.42. The molecular weight excluding hydrogens is 372 g/mol. The highest BCUT2D eigenvalue weighted by Gasteiger charge is 2.23. The normalized spacial score (nSPS) is 15.9. The van der Waals surface area contributed by atoms with E-state index in [1.165, 1.54) is 38.5 Å². The van der Waals surface area contributed by atoms with E-state index < -0.39 is 5.91 Å². The van der Waals surface area contributed by atoms with Crippen molar-refractivity contribution in [2.24, 2.45) is 5.92 Å². The van der Waals surface area contributed by atoms with E-state index in [9.17, 15) is 4.79 Å². The van der Waals surface area contributed by atoms with E-state index in [0.29, 0.717) is 18.3 Å². The average Bonchev–Trinajstić information content (AvgIpc) is 3.41. The SMILES string of the molecule is CCn1nccc1NCc1noc([C@H](CCCC2CCCCC2)CC(=O)NO)n1. The molecule has 1 atom stereocenters. The Bertz CT molecular complexity index is 753. The number of nitrogens with zero attached hydrogens (tertiary/aromatic N) is 4. The molecule has 3 N–H and O–H groups in total. The fourth-order valence-electron chi connectivity index (χ4n) is 4.12. The van der Waals surface area contributed by atoms with Gasteiger partial charge in [0.2, 0.25) is 11.8 Å². The summed E-state index contributed by atoms with van der Waals surface area (Å²) < 4.78 is 7.30. The predicted octanol–water partition coefficient (Wildman–Crippen LogP) is 3.63. The Morgan fingerprint density at radius 1 is 1.38 bits per heavy atom. The zero-order valence-corrected chi connectivity index (χ0v) is 17.1. The molecule has 0 aliphatic heterocycles. The maximum absolute atomic E-state index is 11.7. The Kier molecular flexibility index (Phi) is 8.03. The molecule has 0 saturated heterocycles. The first-order valence-electron chi connectivity index (χ1n) is 10.7. The van der Waals surface area contributed by atoms with Gasteiger partial charge in [-0.2, -0.15) is 10.1 Å². The number of hydroxylamine groups is 1. The van der Waals surface area contributed by atoms with Crippen molar-refractivity contribution in [3.63, 3.8) is 0 Å². The van der Waals surface area contributed by atoms with Gasteiger partial charge in [0.25, 0.3) is 0 Å². The molecule has 3 rings (SSSR count). The van der Waals surface area contributed by atoms with Crippen molar-refractivity contribution in [3.05, 3.63) is 24.0 Å². The quantitative estimate of drug-likeness (QED) is 0.386. The van der Waals surface area contributed by atoms with E-state index in [-0.39, 0.29) is 12.3 Å². The van der Waals surface area contributed by atoms with Crippen molar-refractivity contribution in [2.75, 3.05) is 5.32 Å². The maximum atomic E-state index is 11.7. The summed E-state index contributed by atoms with van der Waals surface area (Å²) in [5, 5.41) is 20.4. The van der Waals surface area contributed by atoms with Gasteiger partial charge in [-0.25, -0.2) is 5.48 Å². The fraction of sp³-hybridized carbons (Fsp3) is 0.700. The Balaban J connectivity index is 1.55. The van der Waals surface area contributed by atoms with Gasteiger partial charge in [-0.05, 0) is 19.3 Å². The van der Waals surface area contributed by atoms with Crippen LogP contribution in [0, 0.1) is 5.92 Å². The molecule has 9 heteroatoms. The predicted molar refractivity (Wildman–Crippen MR) is 107 cm³/mol. The van der Waals surface area contributed by atoms with E-state index in [1.54, 1.807) is 11.7 Å². The van der Waals surface area contributed by atoms with Crippen molar-refractivity contribution >= 4 is 11.7 Å². The van der Waals surface area contributed by atoms with Crippen LogP contribution in [0.15, 0.2) is 16.8 Å². The van der Waals surface area contributed by atoms with Crippen LogP contribution in [0.2, 0.25) is 0 Å². The third-order valence-electron chi connectivity index (χ3n) is 5.72. The van der Waals surface area contributed by atoms with Crippen LogP contribution in [0.3, 0.4) is 0 Å². The van der Waals surface area contributed by atoms with Crippen LogP contribution in [-0.4, -0.2) is 31.0 Å². The Morgan fingerprint density at radius 3 is 2.97 bits per heavy atom. The van der Waals surface area contributed by atoms with E-state index >= 15 is 0 Å². The van der Waals surface area contributed by atoms with Crippen molar-refractivity contribution in [3.8, 4) is 0 Å². The molecule has 0 aromatic carbocycles. The van der Waals surface area contributed by atoms with Crippen LogP contribution in [0.25, 0.3) is 0 Å². The number of rotatable bonds is 11. The highest BCUT2D eigenvalue weighted by Crippen LogP contribution is 2.31. The number of hydrogen-bond donors (Lipinski definition) is 3. The molecular formula is C20H32N6O3. The number of amides is 1. The second kappa shape index (κ2) is 10.9. The van der Waals surface area contributed by atoms with Crippen LogP contribution in [0.4, 0.5) is 5.82 Å². The van der Waals surface area contributed by atoms with Crippen molar-refractivity contribution in [2.45, 2.75) is 83.7 Å². The molecule has 1 aliphatic rings. The minimum Gasteiger partial charge on any atom is -0.363 e. The van der Waals surface area contributed by atoms with Crippen molar-refractivity contribution in [1.82, 2.24) is 25.4 Å². The lowest BCUT2D eigenvalue weighted by molar-refractivity contribution is -0.129. The molecule has 29 heavy (non-hydrogen) atoms. The lowest BCUT2D eigenvalue weighted by Crippen LogP contribution is -2.21. The second-order valence-electron chi connectivity index (χ2n) is 7.81. The third kappa shape index (κ3) is 6.28. The average molecular weight is 405 g/mol. The number of carbonyl (C=O) groups is 1. The summed E-state index contributed by atoms with van der Waals surface area (Å²) in [4.78, 5) is 16.2. The summed E-state index contributed by atoms with van der Waals surface area (Å²) in [6.07, 6.45) is 11.5. The minimum absolute atomic E-state index is 0.138. The van der Waals surface area contributed by atoms with Crippen molar-refractivity contribution < 1.29 is 14.5 Å². The first kappa shape index (κ1) is 21.3. The highest BCUT2D eigenvalue weighted by atomic mass is 16.5. The van der Waals surface area contributed by atoms with Crippen molar-refractivity contribution in [1.29, 1.82) is 0 Å². The van der Waals surface area contributed by atoms with E-state index in [0.717, 1.165) is 31.1 Å². The largest absolute Gasteiger partial charge is 0.363 e. The van der Waals surface area contributed by atoms with E-state index in [2.05, 4.69) is 20.6 Å². The van der Waals surface area contributed by atoms with Crippen LogP contribution >= 0.6 is 0 Å². The Morgan fingerprint density at radius 2 is 2.21 bits per heavy atom. The molecule has 2 aromatic heterocycles. The molecule has 1 saturated carbocycles.